The predicted octanol–water partition coefficient (Wildman–Crippen LogP) is 1.69. The SMILES string of the molecule is COc1cnc(C(N)c2ccc(OC)c(F)c2)c(OC)n1. The minimum Gasteiger partial charge on any atom is -0.494 e. The summed E-state index contributed by atoms with van der Waals surface area (Å²) >= 11 is 0. The van der Waals surface area contributed by atoms with E-state index in [1.807, 2.05) is 0 Å². The Morgan fingerprint density at radius 3 is 2.48 bits per heavy atom. The van der Waals surface area contributed by atoms with Gasteiger partial charge in [0.05, 0.1) is 33.6 Å². The van der Waals surface area contributed by atoms with Crippen molar-refractivity contribution < 1.29 is 18.6 Å². The van der Waals surface area contributed by atoms with Crippen LogP contribution in [-0.4, -0.2) is 31.3 Å². The molecule has 0 saturated carbocycles. The fourth-order valence-corrected chi connectivity index (χ4v) is 1.86. The van der Waals surface area contributed by atoms with Crippen molar-refractivity contribution >= 4 is 0 Å². The average molecular weight is 293 g/mol. The third-order valence-electron chi connectivity index (χ3n) is 2.98. The van der Waals surface area contributed by atoms with Crippen molar-refractivity contribution in [2.75, 3.05) is 21.3 Å². The smallest absolute Gasteiger partial charge is 0.240 e. The first kappa shape index (κ1) is 15.0. The molecule has 1 unspecified atom stereocenters. The van der Waals surface area contributed by atoms with Gasteiger partial charge in [-0.25, -0.2) is 9.37 Å². The van der Waals surface area contributed by atoms with Gasteiger partial charge in [-0.3, -0.25) is 0 Å². The van der Waals surface area contributed by atoms with Crippen molar-refractivity contribution in [1.82, 2.24) is 9.97 Å². The Bertz CT molecular complexity index is 637. The van der Waals surface area contributed by atoms with Crippen molar-refractivity contribution in [3.63, 3.8) is 0 Å². The lowest BCUT2D eigenvalue weighted by atomic mass is 10.0. The molecule has 0 saturated heterocycles. The van der Waals surface area contributed by atoms with E-state index >= 15 is 0 Å². The first-order chi connectivity index (χ1) is 10.1. The molecule has 21 heavy (non-hydrogen) atoms. The van der Waals surface area contributed by atoms with Gasteiger partial charge < -0.3 is 19.9 Å². The van der Waals surface area contributed by atoms with Crippen LogP contribution < -0.4 is 19.9 Å². The molecular formula is C14H16FN3O3. The number of benzene rings is 1. The molecule has 0 aliphatic carbocycles. The minimum absolute atomic E-state index is 0.152. The first-order valence-corrected chi connectivity index (χ1v) is 6.14. The van der Waals surface area contributed by atoms with Gasteiger partial charge in [-0.05, 0) is 17.7 Å². The molecule has 0 aliphatic rings. The highest BCUT2D eigenvalue weighted by Crippen LogP contribution is 2.28. The topological polar surface area (TPSA) is 79.5 Å². The van der Waals surface area contributed by atoms with Crippen LogP contribution in [0, 0.1) is 5.82 Å². The normalized spacial score (nSPS) is 11.9. The van der Waals surface area contributed by atoms with Gasteiger partial charge in [-0.15, -0.1) is 0 Å². The highest BCUT2D eigenvalue weighted by molar-refractivity contribution is 5.37. The van der Waals surface area contributed by atoms with Crippen molar-refractivity contribution in [2.45, 2.75) is 6.04 Å². The highest BCUT2D eigenvalue weighted by atomic mass is 19.1. The van der Waals surface area contributed by atoms with Gasteiger partial charge in [0.1, 0.15) is 5.69 Å². The fraction of sp³-hybridized carbons (Fsp3) is 0.286. The number of hydrogen-bond donors (Lipinski definition) is 1. The summed E-state index contributed by atoms with van der Waals surface area (Å²) in [5, 5.41) is 0. The molecule has 7 heteroatoms. The molecule has 1 heterocycles. The Morgan fingerprint density at radius 2 is 1.90 bits per heavy atom. The Hall–Kier alpha value is -2.41. The van der Waals surface area contributed by atoms with Gasteiger partial charge in [0.2, 0.25) is 11.8 Å². The Kier molecular flexibility index (Phi) is 4.54. The lowest BCUT2D eigenvalue weighted by Crippen LogP contribution is -2.16. The second-order valence-corrected chi connectivity index (χ2v) is 4.18. The summed E-state index contributed by atoms with van der Waals surface area (Å²) in [4.78, 5) is 8.28. The number of methoxy groups -OCH3 is 3. The number of hydrogen-bond acceptors (Lipinski definition) is 6. The minimum atomic E-state index is -0.682. The van der Waals surface area contributed by atoms with Crippen LogP contribution in [0.2, 0.25) is 0 Å². The van der Waals surface area contributed by atoms with Gasteiger partial charge in [0, 0.05) is 0 Å². The van der Waals surface area contributed by atoms with E-state index in [1.165, 1.54) is 39.7 Å². The van der Waals surface area contributed by atoms with Crippen LogP contribution in [0.25, 0.3) is 0 Å². The summed E-state index contributed by atoms with van der Waals surface area (Å²) < 4.78 is 28.8. The molecule has 1 aromatic heterocycles. The number of rotatable bonds is 5. The van der Waals surface area contributed by atoms with Crippen LogP contribution >= 0.6 is 0 Å². The number of halogens is 1. The maximum Gasteiger partial charge on any atom is 0.240 e. The molecule has 0 bridgehead atoms. The van der Waals surface area contributed by atoms with E-state index in [2.05, 4.69) is 9.97 Å². The van der Waals surface area contributed by atoms with E-state index in [9.17, 15) is 4.39 Å². The molecule has 2 aromatic rings. The van der Waals surface area contributed by atoms with Crippen LogP contribution in [0.3, 0.4) is 0 Å². The van der Waals surface area contributed by atoms with Gasteiger partial charge >= 0.3 is 0 Å². The molecule has 0 radical (unpaired) electrons. The third kappa shape index (κ3) is 3.03. The zero-order valence-electron chi connectivity index (χ0n) is 12.0. The Balaban J connectivity index is 2.39. The van der Waals surface area contributed by atoms with Crippen molar-refractivity contribution in [3.05, 3.63) is 41.5 Å². The third-order valence-corrected chi connectivity index (χ3v) is 2.98. The zero-order chi connectivity index (χ0) is 15.4. The van der Waals surface area contributed by atoms with Crippen LogP contribution in [0.15, 0.2) is 24.4 Å². The molecule has 1 atom stereocenters. The second kappa shape index (κ2) is 6.36. The molecule has 112 valence electrons. The maximum atomic E-state index is 13.8. The number of aromatic nitrogens is 2. The van der Waals surface area contributed by atoms with Crippen molar-refractivity contribution in [2.24, 2.45) is 5.73 Å². The molecule has 0 fully saturated rings. The lowest BCUT2D eigenvalue weighted by Gasteiger charge is -2.15. The monoisotopic (exact) mass is 293 g/mol. The summed E-state index contributed by atoms with van der Waals surface area (Å²) in [5.41, 5.74) is 7.04. The number of ether oxygens (including phenoxy) is 3. The number of nitrogens with two attached hydrogens (primary N) is 1. The molecule has 6 nitrogen and oxygen atoms in total. The zero-order valence-corrected chi connectivity index (χ0v) is 12.0. The van der Waals surface area contributed by atoms with E-state index < -0.39 is 11.9 Å². The summed E-state index contributed by atoms with van der Waals surface area (Å²) in [7, 11) is 4.33. The van der Waals surface area contributed by atoms with E-state index in [-0.39, 0.29) is 11.6 Å². The van der Waals surface area contributed by atoms with Crippen molar-refractivity contribution in [3.8, 4) is 17.5 Å². The quantitative estimate of drug-likeness (QED) is 0.903. The molecule has 0 spiro atoms. The summed E-state index contributed by atoms with van der Waals surface area (Å²) in [6.45, 7) is 0. The number of nitrogens with zero attached hydrogens (tertiary/aromatic N) is 2. The molecule has 2 N–H and O–H groups in total. The Morgan fingerprint density at radius 1 is 1.14 bits per heavy atom. The first-order valence-electron chi connectivity index (χ1n) is 6.14. The Labute approximate surface area is 121 Å². The standard InChI is InChI=1S/C14H16FN3O3/c1-19-10-5-4-8(6-9(10)15)12(16)13-14(21-3)18-11(20-2)7-17-13/h4-7,12H,16H2,1-3H3. The van der Waals surface area contributed by atoms with Gasteiger partial charge in [-0.2, -0.15) is 4.98 Å². The van der Waals surface area contributed by atoms with Gasteiger partial charge in [-0.1, -0.05) is 6.07 Å². The van der Waals surface area contributed by atoms with E-state index in [0.717, 1.165) is 0 Å². The summed E-state index contributed by atoms with van der Waals surface area (Å²) in [6.07, 6.45) is 1.43. The van der Waals surface area contributed by atoms with E-state index in [4.69, 9.17) is 19.9 Å². The largest absolute Gasteiger partial charge is 0.494 e. The predicted molar refractivity (Wildman–Crippen MR) is 74.1 cm³/mol. The highest BCUT2D eigenvalue weighted by Gasteiger charge is 2.19. The van der Waals surface area contributed by atoms with Gasteiger partial charge in [0.25, 0.3) is 0 Å². The molecule has 0 aliphatic heterocycles. The van der Waals surface area contributed by atoms with Crippen LogP contribution in [0.5, 0.6) is 17.5 Å². The fourth-order valence-electron chi connectivity index (χ4n) is 1.86. The molecule has 0 amide bonds. The second-order valence-electron chi connectivity index (χ2n) is 4.18. The summed E-state index contributed by atoms with van der Waals surface area (Å²) in [5.74, 6) is 0.200. The van der Waals surface area contributed by atoms with Gasteiger partial charge in [0.15, 0.2) is 11.6 Å². The molecular weight excluding hydrogens is 277 g/mol. The van der Waals surface area contributed by atoms with Crippen LogP contribution in [-0.2, 0) is 0 Å². The van der Waals surface area contributed by atoms with E-state index in [1.54, 1.807) is 6.07 Å². The average Bonchev–Trinajstić information content (AvgIpc) is 2.53. The van der Waals surface area contributed by atoms with Crippen LogP contribution in [0.4, 0.5) is 4.39 Å². The molecule has 1 aromatic carbocycles. The summed E-state index contributed by atoms with van der Waals surface area (Å²) in [6, 6.07) is 3.79. The molecule has 2 rings (SSSR count). The lowest BCUT2D eigenvalue weighted by molar-refractivity contribution is 0.355. The van der Waals surface area contributed by atoms with Crippen molar-refractivity contribution in [1.29, 1.82) is 0 Å². The maximum absolute atomic E-state index is 13.8. The van der Waals surface area contributed by atoms with Crippen LogP contribution in [0.1, 0.15) is 17.3 Å². The van der Waals surface area contributed by atoms with E-state index in [0.29, 0.717) is 17.1 Å².